The monoisotopic (exact) mass is 350 g/mol. The maximum absolute atomic E-state index is 12.7. The number of H-pyrrole nitrogens is 1. The van der Waals surface area contributed by atoms with Gasteiger partial charge in [-0.25, -0.2) is 4.98 Å². The summed E-state index contributed by atoms with van der Waals surface area (Å²) in [5, 5.41) is 11.4. The number of halogens is 3. The fourth-order valence-electron chi connectivity index (χ4n) is 3.45. The molecule has 3 nitrogen and oxygen atoms in total. The molecule has 1 heterocycles. The Morgan fingerprint density at radius 1 is 1.24 bits per heavy atom. The minimum Gasteiger partial charge on any atom is -0.384 e. The van der Waals surface area contributed by atoms with Gasteiger partial charge in [0.1, 0.15) is 5.82 Å². The van der Waals surface area contributed by atoms with Crippen molar-refractivity contribution in [3.05, 3.63) is 59.2 Å². The van der Waals surface area contributed by atoms with E-state index >= 15 is 0 Å². The van der Waals surface area contributed by atoms with Crippen LogP contribution in [0.3, 0.4) is 0 Å². The lowest BCUT2D eigenvalue weighted by Crippen LogP contribution is -2.43. The fraction of sp³-hybridized carbons (Fsp3) is 0.421. The van der Waals surface area contributed by atoms with E-state index in [1.54, 1.807) is 18.5 Å². The summed E-state index contributed by atoms with van der Waals surface area (Å²) >= 11 is 0. The van der Waals surface area contributed by atoms with Gasteiger partial charge in [-0.1, -0.05) is 32.1 Å². The molecule has 0 radical (unpaired) electrons. The number of benzene rings is 1. The molecule has 134 valence electrons. The Balaban J connectivity index is 1.93. The standard InChI is InChI=1S/C19H21F3N2O/c1-17(2)8-7-15(18(17,25)12-16-23-9-10-24-16)11-13-3-5-14(6-4-13)19(20,21)22/h3-6,9-11,25H,7-8,12H2,1-2H3,(H,23,24)/b15-11-. The minimum absolute atomic E-state index is 0.347. The van der Waals surface area contributed by atoms with Crippen LogP contribution in [-0.2, 0) is 12.6 Å². The van der Waals surface area contributed by atoms with E-state index in [0.717, 1.165) is 24.1 Å². The number of alkyl halides is 3. The fourth-order valence-corrected chi connectivity index (χ4v) is 3.45. The Morgan fingerprint density at radius 2 is 1.92 bits per heavy atom. The van der Waals surface area contributed by atoms with Crippen molar-refractivity contribution in [2.75, 3.05) is 0 Å². The van der Waals surface area contributed by atoms with Crippen LogP contribution in [0.5, 0.6) is 0 Å². The molecule has 25 heavy (non-hydrogen) atoms. The van der Waals surface area contributed by atoms with E-state index < -0.39 is 17.3 Å². The molecule has 0 saturated heterocycles. The molecule has 2 aromatic rings. The number of nitrogens with one attached hydrogen (secondary N) is 1. The highest BCUT2D eigenvalue weighted by Crippen LogP contribution is 2.51. The number of hydrogen-bond donors (Lipinski definition) is 2. The molecule has 1 atom stereocenters. The molecule has 0 bridgehead atoms. The van der Waals surface area contributed by atoms with Crippen LogP contribution in [0.4, 0.5) is 13.2 Å². The second-order valence-corrected chi connectivity index (χ2v) is 7.25. The Bertz CT molecular complexity index is 761. The largest absolute Gasteiger partial charge is 0.416 e. The molecule has 3 rings (SSSR count). The zero-order chi connectivity index (χ0) is 18.3. The number of aromatic nitrogens is 2. The molecule has 2 N–H and O–H groups in total. The molecule has 6 heteroatoms. The quantitative estimate of drug-likeness (QED) is 0.849. The lowest BCUT2D eigenvalue weighted by atomic mass is 9.73. The van der Waals surface area contributed by atoms with E-state index in [1.807, 2.05) is 13.8 Å². The van der Waals surface area contributed by atoms with Crippen LogP contribution in [-0.4, -0.2) is 20.7 Å². The molecule has 1 saturated carbocycles. The van der Waals surface area contributed by atoms with Gasteiger partial charge in [-0.05, 0) is 41.5 Å². The van der Waals surface area contributed by atoms with E-state index in [-0.39, 0.29) is 5.41 Å². The zero-order valence-corrected chi connectivity index (χ0v) is 14.2. The van der Waals surface area contributed by atoms with Crippen molar-refractivity contribution >= 4 is 6.08 Å². The lowest BCUT2D eigenvalue weighted by Gasteiger charge is -2.37. The van der Waals surface area contributed by atoms with E-state index in [9.17, 15) is 18.3 Å². The summed E-state index contributed by atoms with van der Waals surface area (Å²) in [4.78, 5) is 7.22. The first-order valence-corrected chi connectivity index (χ1v) is 8.21. The lowest BCUT2D eigenvalue weighted by molar-refractivity contribution is -0.137. The molecule has 1 aromatic carbocycles. The first kappa shape index (κ1) is 17.7. The molecule has 1 aliphatic carbocycles. The summed E-state index contributed by atoms with van der Waals surface area (Å²) in [7, 11) is 0. The highest BCUT2D eigenvalue weighted by molar-refractivity contribution is 5.57. The van der Waals surface area contributed by atoms with Gasteiger partial charge in [-0.2, -0.15) is 13.2 Å². The van der Waals surface area contributed by atoms with E-state index in [0.29, 0.717) is 24.2 Å². The van der Waals surface area contributed by atoms with E-state index in [1.165, 1.54) is 12.1 Å². The average Bonchev–Trinajstić information content (AvgIpc) is 3.10. The van der Waals surface area contributed by atoms with Crippen LogP contribution >= 0.6 is 0 Å². The van der Waals surface area contributed by atoms with Crippen molar-refractivity contribution in [3.8, 4) is 0 Å². The van der Waals surface area contributed by atoms with E-state index in [4.69, 9.17) is 0 Å². The SMILES string of the molecule is CC1(C)CC/C(=C/c2ccc(C(F)(F)F)cc2)C1(O)Cc1ncc[nH]1. The minimum atomic E-state index is -4.35. The number of hydrogen-bond acceptors (Lipinski definition) is 2. The topological polar surface area (TPSA) is 48.9 Å². The van der Waals surface area contributed by atoms with Gasteiger partial charge in [0.2, 0.25) is 0 Å². The van der Waals surface area contributed by atoms with Gasteiger partial charge in [-0.15, -0.1) is 0 Å². The van der Waals surface area contributed by atoms with Gasteiger partial charge in [0.25, 0.3) is 0 Å². The molecule has 0 aliphatic heterocycles. The third-order valence-electron chi connectivity index (χ3n) is 5.23. The average molecular weight is 350 g/mol. The third kappa shape index (κ3) is 3.35. The second-order valence-electron chi connectivity index (χ2n) is 7.25. The van der Waals surface area contributed by atoms with Gasteiger partial charge in [-0.3, -0.25) is 0 Å². The van der Waals surface area contributed by atoms with Crippen molar-refractivity contribution in [2.24, 2.45) is 5.41 Å². The maximum Gasteiger partial charge on any atom is 0.416 e. The van der Waals surface area contributed by atoms with Crippen LogP contribution in [0, 0.1) is 5.41 Å². The van der Waals surface area contributed by atoms with Crippen molar-refractivity contribution in [1.82, 2.24) is 9.97 Å². The van der Waals surface area contributed by atoms with Gasteiger partial charge in [0.05, 0.1) is 11.2 Å². The van der Waals surface area contributed by atoms with Gasteiger partial charge >= 0.3 is 6.18 Å². The number of imidazole rings is 1. The van der Waals surface area contributed by atoms with Gasteiger partial charge in [0.15, 0.2) is 0 Å². The predicted molar refractivity (Wildman–Crippen MR) is 89.7 cm³/mol. The number of rotatable bonds is 3. The van der Waals surface area contributed by atoms with Crippen LogP contribution in [0.25, 0.3) is 6.08 Å². The summed E-state index contributed by atoms with van der Waals surface area (Å²) in [6.07, 6.45) is 2.65. The Morgan fingerprint density at radius 3 is 2.48 bits per heavy atom. The summed E-state index contributed by atoms with van der Waals surface area (Å²) in [6, 6.07) is 5.01. The molecule has 0 amide bonds. The number of aliphatic hydroxyl groups is 1. The molecule has 1 unspecified atom stereocenters. The molecule has 1 fully saturated rings. The predicted octanol–water partition coefficient (Wildman–Crippen LogP) is 4.61. The normalized spacial score (nSPS) is 24.8. The van der Waals surface area contributed by atoms with E-state index in [2.05, 4.69) is 9.97 Å². The molecule has 0 spiro atoms. The highest BCUT2D eigenvalue weighted by Gasteiger charge is 2.51. The van der Waals surface area contributed by atoms with Crippen molar-refractivity contribution < 1.29 is 18.3 Å². The summed E-state index contributed by atoms with van der Waals surface area (Å²) in [6.45, 7) is 4.01. The number of aromatic amines is 1. The zero-order valence-electron chi connectivity index (χ0n) is 14.2. The van der Waals surface area contributed by atoms with Crippen LogP contribution in [0.1, 0.15) is 43.6 Å². The van der Waals surface area contributed by atoms with Gasteiger partial charge in [0, 0.05) is 18.8 Å². The van der Waals surface area contributed by atoms with Crippen molar-refractivity contribution in [2.45, 2.75) is 44.9 Å². The molecule has 1 aromatic heterocycles. The van der Waals surface area contributed by atoms with Crippen molar-refractivity contribution in [3.63, 3.8) is 0 Å². The second kappa shape index (κ2) is 6.02. The van der Waals surface area contributed by atoms with Crippen LogP contribution < -0.4 is 0 Å². The highest BCUT2D eigenvalue weighted by atomic mass is 19.4. The Hall–Kier alpha value is -2.08. The summed E-state index contributed by atoms with van der Waals surface area (Å²) in [5.74, 6) is 0.691. The maximum atomic E-state index is 12.7. The molecular formula is C19H21F3N2O. The summed E-state index contributed by atoms with van der Waals surface area (Å²) in [5.41, 5.74) is -0.634. The first-order chi connectivity index (χ1) is 11.6. The first-order valence-electron chi connectivity index (χ1n) is 8.21. The van der Waals surface area contributed by atoms with Crippen LogP contribution in [0.2, 0.25) is 0 Å². The van der Waals surface area contributed by atoms with Gasteiger partial charge < -0.3 is 10.1 Å². The Kier molecular flexibility index (Phi) is 4.27. The number of nitrogens with zero attached hydrogens (tertiary/aromatic N) is 1. The smallest absolute Gasteiger partial charge is 0.384 e. The molecule has 1 aliphatic rings. The third-order valence-corrected chi connectivity index (χ3v) is 5.23. The summed E-state index contributed by atoms with van der Waals surface area (Å²) < 4.78 is 38.1. The Labute approximate surface area is 144 Å². The van der Waals surface area contributed by atoms with Crippen molar-refractivity contribution in [1.29, 1.82) is 0 Å². The van der Waals surface area contributed by atoms with Crippen LogP contribution in [0.15, 0.2) is 42.2 Å². The molecular weight excluding hydrogens is 329 g/mol.